The third-order valence-electron chi connectivity index (χ3n) is 3.25. The average Bonchev–Trinajstić information content (AvgIpc) is 2.57. The largest absolute Gasteiger partial charge is 0.513 e. The molecule has 0 aliphatic heterocycles. The minimum absolute atomic E-state index is 0.357. The summed E-state index contributed by atoms with van der Waals surface area (Å²) in [5.74, 6) is 0.359. The number of nitrogens with one attached hydrogen (secondary N) is 1. The van der Waals surface area contributed by atoms with Gasteiger partial charge < -0.3 is 14.2 Å². The van der Waals surface area contributed by atoms with Crippen LogP contribution < -0.4 is 10.1 Å². The van der Waals surface area contributed by atoms with Crippen molar-refractivity contribution in [1.29, 1.82) is 0 Å². The van der Waals surface area contributed by atoms with Gasteiger partial charge in [0.05, 0.1) is 13.2 Å². The molecule has 1 amide bonds. The summed E-state index contributed by atoms with van der Waals surface area (Å²) in [5, 5.41) is 2.61. The molecule has 0 saturated heterocycles. The van der Waals surface area contributed by atoms with Crippen LogP contribution in [0, 0.1) is 0 Å². The highest BCUT2D eigenvalue weighted by Gasteiger charge is 2.07. The Balaban J connectivity index is 2.29. The van der Waals surface area contributed by atoms with Crippen LogP contribution in [0.15, 0.2) is 24.3 Å². The molecule has 0 aromatic heterocycles. The summed E-state index contributed by atoms with van der Waals surface area (Å²) in [4.78, 5) is 23.0. The Bertz CT molecular complexity index is 442. The molecule has 1 aromatic carbocycles. The highest BCUT2D eigenvalue weighted by Crippen LogP contribution is 2.16. The molecule has 0 fully saturated rings. The van der Waals surface area contributed by atoms with Crippen LogP contribution in [0.3, 0.4) is 0 Å². The van der Waals surface area contributed by atoms with Gasteiger partial charge in [-0.05, 0) is 37.1 Å². The standard InChI is InChI=1S/C18H27NO5/c1-3-5-7-13-22-17(20)19-15-9-11-16(12-10-15)24-18(21)23-14-8-6-4-2/h9-12H,3-8,13-14H2,1-2H3,(H,19,20). The summed E-state index contributed by atoms with van der Waals surface area (Å²) in [7, 11) is 0. The molecule has 6 nitrogen and oxygen atoms in total. The van der Waals surface area contributed by atoms with Crippen LogP contribution in [0.4, 0.5) is 15.3 Å². The number of rotatable bonds is 10. The number of unbranched alkanes of at least 4 members (excludes halogenated alkanes) is 4. The topological polar surface area (TPSA) is 73.9 Å². The van der Waals surface area contributed by atoms with Crippen LogP contribution in [-0.2, 0) is 9.47 Å². The lowest BCUT2D eigenvalue weighted by Gasteiger charge is -2.08. The third kappa shape index (κ3) is 9.02. The van der Waals surface area contributed by atoms with Gasteiger partial charge in [-0.25, -0.2) is 9.59 Å². The lowest BCUT2D eigenvalue weighted by atomic mass is 10.3. The zero-order valence-electron chi connectivity index (χ0n) is 14.5. The van der Waals surface area contributed by atoms with Gasteiger partial charge >= 0.3 is 12.2 Å². The van der Waals surface area contributed by atoms with Crippen molar-refractivity contribution in [1.82, 2.24) is 0 Å². The monoisotopic (exact) mass is 337 g/mol. The molecule has 1 N–H and O–H groups in total. The molecule has 0 radical (unpaired) electrons. The van der Waals surface area contributed by atoms with Crippen molar-refractivity contribution in [2.24, 2.45) is 0 Å². The minimum atomic E-state index is -0.720. The molecule has 6 heteroatoms. The molecule has 134 valence electrons. The summed E-state index contributed by atoms with van der Waals surface area (Å²) in [5.41, 5.74) is 0.569. The van der Waals surface area contributed by atoms with E-state index in [4.69, 9.17) is 14.2 Å². The lowest BCUT2D eigenvalue weighted by molar-refractivity contribution is 0.0974. The summed E-state index contributed by atoms with van der Waals surface area (Å²) in [6.07, 6.45) is 4.67. The van der Waals surface area contributed by atoms with E-state index in [1.54, 1.807) is 24.3 Å². The van der Waals surface area contributed by atoms with Gasteiger partial charge in [-0.3, -0.25) is 5.32 Å². The van der Waals surface area contributed by atoms with Crippen LogP contribution in [-0.4, -0.2) is 25.5 Å². The van der Waals surface area contributed by atoms with E-state index >= 15 is 0 Å². The van der Waals surface area contributed by atoms with Crippen molar-refractivity contribution in [3.8, 4) is 5.75 Å². The van der Waals surface area contributed by atoms with Gasteiger partial charge in [-0.2, -0.15) is 0 Å². The quantitative estimate of drug-likeness (QED) is 0.364. The number of carbonyl (C=O) groups is 2. The van der Waals surface area contributed by atoms with Gasteiger partial charge in [0.1, 0.15) is 5.75 Å². The molecule has 1 rings (SSSR count). The van der Waals surface area contributed by atoms with Gasteiger partial charge in [0.25, 0.3) is 0 Å². The van der Waals surface area contributed by atoms with Crippen LogP contribution in [0.5, 0.6) is 5.75 Å². The highest BCUT2D eigenvalue weighted by atomic mass is 16.7. The van der Waals surface area contributed by atoms with Gasteiger partial charge in [0, 0.05) is 5.69 Å². The average molecular weight is 337 g/mol. The highest BCUT2D eigenvalue weighted by molar-refractivity contribution is 5.84. The molecule has 0 aliphatic rings. The minimum Gasteiger partial charge on any atom is -0.449 e. The van der Waals surface area contributed by atoms with Crippen molar-refractivity contribution in [3.63, 3.8) is 0 Å². The van der Waals surface area contributed by atoms with Crippen LogP contribution in [0.2, 0.25) is 0 Å². The second kappa shape index (κ2) is 12.2. The molecule has 0 bridgehead atoms. The Kier molecular flexibility index (Phi) is 10.1. The SMILES string of the molecule is CCCCCOC(=O)Nc1ccc(OC(=O)OCCCCC)cc1. The fourth-order valence-corrected chi connectivity index (χ4v) is 1.91. The summed E-state index contributed by atoms with van der Waals surface area (Å²) < 4.78 is 15.0. The van der Waals surface area contributed by atoms with E-state index in [-0.39, 0.29) is 0 Å². The molecule has 0 heterocycles. The second-order valence-electron chi connectivity index (χ2n) is 5.40. The van der Waals surface area contributed by atoms with Crippen molar-refractivity contribution in [2.75, 3.05) is 18.5 Å². The molecule has 0 aliphatic carbocycles. The van der Waals surface area contributed by atoms with Gasteiger partial charge in [-0.1, -0.05) is 39.5 Å². The van der Waals surface area contributed by atoms with E-state index in [9.17, 15) is 9.59 Å². The normalized spacial score (nSPS) is 10.1. The number of anilines is 1. The predicted octanol–water partition coefficient (Wildman–Crippen LogP) is 5.13. The maximum Gasteiger partial charge on any atom is 0.513 e. The van der Waals surface area contributed by atoms with Crippen LogP contribution in [0.1, 0.15) is 52.4 Å². The van der Waals surface area contributed by atoms with Crippen LogP contribution in [0.25, 0.3) is 0 Å². The maximum absolute atomic E-state index is 11.6. The summed E-state index contributed by atoms with van der Waals surface area (Å²) >= 11 is 0. The first-order chi connectivity index (χ1) is 11.7. The van der Waals surface area contributed by atoms with E-state index in [1.165, 1.54) is 0 Å². The van der Waals surface area contributed by atoms with E-state index < -0.39 is 12.2 Å². The third-order valence-corrected chi connectivity index (χ3v) is 3.25. The van der Waals surface area contributed by atoms with E-state index in [0.29, 0.717) is 24.7 Å². The van der Waals surface area contributed by atoms with Crippen LogP contribution >= 0.6 is 0 Å². The van der Waals surface area contributed by atoms with Gasteiger partial charge in [-0.15, -0.1) is 0 Å². The number of amides is 1. The van der Waals surface area contributed by atoms with E-state index in [2.05, 4.69) is 19.2 Å². The maximum atomic E-state index is 11.6. The first-order valence-electron chi connectivity index (χ1n) is 8.54. The number of ether oxygens (including phenoxy) is 3. The summed E-state index contributed by atoms with van der Waals surface area (Å²) in [6.45, 7) is 4.93. The van der Waals surface area contributed by atoms with Crippen molar-refractivity contribution in [2.45, 2.75) is 52.4 Å². The van der Waals surface area contributed by atoms with Gasteiger partial charge in [0.2, 0.25) is 0 Å². The van der Waals surface area contributed by atoms with Gasteiger partial charge in [0.15, 0.2) is 0 Å². The predicted molar refractivity (Wildman–Crippen MR) is 92.4 cm³/mol. The first kappa shape index (κ1) is 19.8. The molecular formula is C18H27NO5. The second-order valence-corrected chi connectivity index (χ2v) is 5.40. The Labute approximate surface area is 143 Å². The molecule has 0 saturated carbocycles. The van der Waals surface area contributed by atoms with E-state index in [1.807, 2.05) is 0 Å². The van der Waals surface area contributed by atoms with E-state index in [0.717, 1.165) is 38.5 Å². The molecule has 0 unspecified atom stereocenters. The Morgan fingerprint density at radius 3 is 2.04 bits per heavy atom. The lowest BCUT2D eigenvalue weighted by Crippen LogP contribution is -2.14. The zero-order valence-corrected chi connectivity index (χ0v) is 14.5. The number of hydrogen-bond acceptors (Lipinski definition) is 5. The van der Waals surface area contributed by atoms with Crippen molar-refractivity contribution >= 4 is 17.9 Å². The number of carbonyl (C=O) groups excluding carboxylic acids is 2. The molecule has 0 atom stereocenters. The Morgan fingerprint density at radius 2 is 1.46 bits per heavy atom. The fraction of sp³-hybridized carbons (Fsp3) is 0.556. The zero-order chi connectivity index (χ0) is 17.6. The van der Waals surface area contributed by atoms with Crippen molar-refractivity contribution in [3.05, 3.63) is 24.3 Å². The first-order valence-corrected chi connectivity index (χ1v) is 8.54. The number of benzene rings is 1. The number of hydrogen-bond donors (Lipinski definition) is 1. The molecule has 24 heavy (non-hydrogen) atoms. The van der Waals surface area contributed by atoms with Crippen molar-refractivity contribution < 1.29 is 23.8 Å². The molecular weight excluding hydrogens is 310 g/mol. The Morgan fingerprint density at radius 1 is 0.875 bits per heavy atom. The molecule has 1 aromatic rings. The Hall–Kier alpha value is -2.24. The smallest absolute Gasteiger partial charge is 0.449 e. The molecule has 0 spiro atoms. The summed E-state index contributed by atoms with van der Waals surface area (Å²) in [6, 6.07) is 6.43. The fourth-order valence-electron chi connectivity index (χ4n) is 1.91.